The average Bonchev–Trinajstić information content (AvgIpc) is 2.88. The molecule has 3 aromatic rings. The molecule has 1 aromatic heterocycles. The van der Waals surface area contributed by atoms with Crippen molar-refractivity contribution in [3.8, 4) is 5.75 Å². The second kappa shape index (κ2) is 5.24. The van der Waals surface area contributed by atoms with Gasteiger partial charge in [0.25, 0.3) is 0 Å². The summed E-state index contributed by atoms with van der Waals surface area (Å²) in [6.45, 7) is 8.23. The highest BCUT2D eigenvalue weighted by Crippen LogP contribution is 2.26. The molecule has 0 amide bonds. The van der Waals surface area contributed by atoms with E-state index >= 15 is 0 Å². The van der Waals surface area contributed by atoms with Crippen LogP contribution in [-0.2, 0) is 0 Å². The lowest BCUT2D eigenvalue weighted by Crippen LogP contribution is -2.06. The molecule has 108 valence electrons. The molecule has 2 aromatic carbocycles. The van der Waals surface area contributed by atoms with Gasteiger partial charge in [0.2, 0.25) is 0 Å². The molecule has 1 atom stereocenters. The van der Waals surface area contributed by atoms with Crippen LogP contribution in [0.15, 0.2) is 36.4 Å². The van der Waals surface area contributed by atoms with Gasteiger partial charge >= 0.3 is 0 Å². The summed E-state index contributed by atoms with van der Waals surface area (Å²) in [5, 5.41) is 0. The van der Waals surface area contributed by atoms with Crippen LogP contribution in [0, 0.1) is 20.8 Å². The Labute approximate surface area is 125 Å². The van der Waals surface area contributed by atoms with E-state index in [2.05, 4.69) is 55.0 Å². The highest BCUT2D eigenvalue weighted by molar-refractivity contribution is 5.78. The van der Waals surface area contributed by atoms with Crippen molar-refractivity contribution in [2.45, 2.75) is 33.8 Å². The molecular formula is C18H20N2O. The molecule has 0 aliphatic heterocycles. The van der Waals surface area contributed by atoms with Crippen LogP contribution in [-0.4, -0.2) is 9.97 Å². The summed E-state index contributed by atoms with van der Waals surface area (Å²) in [7, 11) is 0. The maximum Gasteiger partial charge on any atom is 0.153 e. The summed E-state index contributed by atoms with van der Waals surface area (Å²) < 4.78 is 6.09. The number of hydrogen-bond acceptors (Lipinski definition) is 2. The molecule has 0 saturated heterocycles. The van der Waals surface area contributed by atoms with Crippen molar-refractivity contribution in [1.82, 2.24) is 9.97 Å². The van der Waals surface area contributed by atoms with E-state index < -0.39 is 0 Å². The number of imidazole rings is 1. The summed E-state index contributed by atoms with van der Waals surface area (Å²) >= 11 is 0. The number of aromatic nitrogens is 2. The van der Waals surface area contributed by atoms with E-state index in [0.29, 0.717) is 0 Å². The number of fused-ring (bicyclic) bond motifs is 1. The van der Waals surface area contributed by atoms with Crippen LogP contribution in [0.2, 0.25) is 0 Å². The van der Waals surface area contributed by atoms with Crippen LogP contribution >= 0.6 is 0 Å². The average molecular weight is 280 g/mol. The second-order valence-electron chi connectivity index (χ2n) is 5.62. The summed E-state index contributed by atoms with van der Waals surface area (Å²) in [5.41, 5.74) is 5.59. The van der Waals surface area contributed by atoms with Gasteiger partial charge in [-0.15, -0.1) is 0 Å². The largest absolute Gasteiger partial charge is 0.483 e. The maximum absolute atomic E-state index is 6.09. The Hall–Kier alpha value is -2.29. The Morgan fingerprint density at radius 3 is 2.62 bits per heavy atom. The van der Waals surface area contributed by atoms with Crippen LogP contribution in [0.25, 0.3) is 11.0 Å². The number of aromatic amines is 1. The number of hydrogen-bond donors (Lipinski definition) is 1. The van der Waals surface area contributed by atoms with Gasteiger partial charge in [-0.2, -0.15) is 0 Å². The fraction of sp³-hybridized carbons (Fsp3) is 0.278. The van der Waals surface area contributed by atoms with Gasteiger partial charge in [0.05, 0.1) is 11.0 Å². The lowest BCUT2D eigenvalue weighted by Gasteiger charge is -2.15. The zero-order valence-corrected chi connectivity index (χ0v) is 12.9. The maximum atomic E-state index is 6.09. The van der Waals surface area contributed by atoms with E-state index in [1.165, 1.54) is 11.1 Å². The molecule has 0 aliphatic rings. The van der Waals surface area contributed by atoms with Crippen molar-refractivity contribution in [2.75, 3.05) is 0 Å². The lowest BCUT2D eigenvalue weighted by molar-refractivity contribution is 0.216. The van der Waals surface area contributed by atoms with E-state index in [-0.39, 0.29) is 6.10 Å². The highest BCUT2D eigenvalue weighted by atomic mass is 16.5. The molecule has 0 unspecified atom stereocenters. The second-order valence-corrected chi connectivity index (χ2v) is 5.62. The number of para-hydroxylation sites is 1. The number of aryl methyl sites for hydroxylation is 3. The minimum absolute atomic E-state index is 0.114. The fourth-order valence-corrected chi connectivity index (χ4v) is 2.47. The molecule has 3 rings (SSSR count). The summed E-state index contributed by atoms with van der Waals surface area (Å²) in [4.78, 5) is 8.03. The van der Waals surface area contributed by atoms with Crippen LogP contribution < -0.4 is 4.74 Å². The standard InChI is InChI=1S/C18H20N2O/c1-11-8-9-12(2)16(10-11)21-14(4)18-19-15-7-5-6-13(3)17(15)20-18/h5-10,14H,1-4H3,(H,19,20)/t14-/m0/s1. The zero-order valence-electron chi connectivity index (χ0n) is 12.9. The van der Waals surface area contributed by atoms with Crippen LogP contribution in [0.1, 0.15) is 35.5 Å². The van der Waals surface area contributed by atoms with Crippen molar-refractivity contribution in [3.05, 3.63) is 58.9 Å². The first-order valence-electron chi connectivity index (χ1n) is 7.24. The summed E-state index contributed by atoms with van der Waals surface area (Å²) in [6, 6.07) is 12.4. The highest BCUT2D eigenvalue weighted by Gasteiger charge is 2.14. The normalized spacial score (nSPS) is 12.6. The van der Waals surface area contributed by atoms with E-state index in [0.717, 1.165) is 28.2 Å². The minimum atomic E-state index is -0.114. The van der Waals surface area contributed by atoms with Gasteiger partial charge in [-0.05, 0) is 56.5 Å². The van der Waals surface area contributed by atoms with Gasteiger partial charge in [0, 0.05) is 0 Å². The van der Waals surface area contributed by atoms with E-state index in [1.54, 1.807) is 0 Å². The van der Waals surface area contributed by atoms with Gasteiger partial charge < -0.3 is 9.72 Å². The molecule has 3 heteroatoms. The number of H-pyrrole nitrogens is 1. The Bertz CT molecular complexity index is 789. The third-order valence-electron chi connectivity index (χ3n) is 3.77. The number of nitrogens with zero attached hydrogens (tertiary/aromatic N) is 1. The van der Waals surface area contributed by atoms with Gasteiger partial charge in [0.15, 0.2) is 6.10 Å². The van der Waals surface area contributed by atoms with E-state index in [1.807, 2.05) is 19.1 Å². The van der Waals surface area contributed by atoms with E-state index in [9.17, 15) is 0 Å². The Balaban J connectivity index is 1.91. The van der Waals surface area contributed by atoms with Crippen LogP contribution in [0.4, 0.5) is 0 Å². The fourth-order valence-electron chi connectivity index (χ4n) is 2.47. The Kier molecular flexibility index (Phi) is 3.42. The van der Waals surface area contributed by atoms with Crippen molar-refractivity contribution < 1.29 is 4.74 Å². The third-order valence-corrected chi connectivity index (χ3v) is 3.77. The van der Waals surface area contributed by atoms with Crippen LogP contribution in [0.3, 0.4) is 0 Å². The predicted octanol–water partition coefficient (Wildman–Crippen LogP) is 4.63. The molecule has 21 heavy (non-hydrogen) atoms. The first-order chi connectivity index (χ1) is 10.0. The first kappa shape index (κ1) is 13.7. The monoisotopic (exact) mass is 280 g/mol. The number of rotatable bonds is 3. The quantitative estimate of drug-likeness (QED) is 0.759. The molecule has 0 spiro atoms. The van der Waals surface area contributed by atoms with Gasteiger partial charge in [-0.25, -0.2) is 4.98 Å². The van der Waals surface area contributed by atoms with Crippen molar-refractivity contribution >= 4 is 11.0 Å². The predicted molar refractivity (Wildman–Crippen MR) is 85.8 cm³/mol. The Morgan fingerprint density at radius 2 is 1.86 bits per heavy atom. The van der Waals surface area contributed by atoms with Gasteiger partial charge in [-0.1, -0.05) is 24.3 Å². The molecule has 3 nitrogen and oxygen atoms in total. The first-order valence-corrected chi connectivity index (χ1v) is 7.24. The van der Waals surface area contributed by atoms with E-state index in [4.69, 9.17) is 4.74 Å². The van der Waals surface area contributed by atoms with Gasteiger partial charge in [0.1, 0.15) is 11.6 Å². The number of nitrogens with one attached hydrogen (secondary N) is 1. The molecule has 0 radical (unpaired) electrons. The lowest BCUT2D eigenvalue weighted by atomic mass is 10.1. The van der Waals surface area contributed by atoms with Crippen molar-refractivity contribution in [3.63, 3.8) is 0 Å². The SMILES string of the molecule is Cc1ccc(C)c(O[C@@H](C)c2nc3c(C)cccc3[nH]2)c1. The molecule has 1 N–H and O–H groups in total. The molecule has 0 fully saturated rings. The molecular weight excluding hydrogens is 260 g/mol. The summed E-state index contributed by atoms with van der Waals surface area (Å²) in [6.07, 6.45) is -0.114. The topological polar surface area (TPSA) is 37.9 Å². The smallest absolute Gasteiger partial charge is 0.153 e. The molecule has 1 heterocycles. The third kappa shape index (κ3) is 2.64. The van der Waals surface area contributed by atoms with Gasteiger partial charge in [-0.3, -0.25) is 0 Å². The van der Waals surface area contributed by atoms with Crippen LogP contribution in [0.5, 0.6) is 5.75 Å². The summed E-state index contributed by atoms with van der Waals surface area (Å²) in [5.74, 6) is 1.78. The molecule has 0 saturated carbocycles. The number of benzene rings is 2. The van der Waals surface area contributed by atoms with Crippen molar-refractivity contribution in [2.24, 2.45) is 0 Å². The van der Waals surface area contributed by atoms with Crippen molar-refractivity contribution in [1.29, 1.82) is 0 Å². The molecule has 0 aliphatic carbocycles. The molecule has 0 bridgehead atoms. The number of ether oxygens (including phenoxy) is 1. The zero-order chi connectivity index (χ0) is 15.0. The Morgan fingerprint density at radius 1 is 1.05 bits per heavy atom. The minimum Gasteiger partial charge on any atom is -0.483 e.